The van der Waals surface area contributed by atoms with Crippen molar-refractivity contribution in [3.63, 3.8) is 0 Å². The SMILES string of the molecule is CN(C)c1nc(Cl)c(Cl)c(N2CCNCC2)n1. The zero-order valence-electron chi connectivity index (χ0n) is 9.87. The average molecular weight is 276 g/mol. The van der Waals surface area contributed by atoms with Gasteiger partial charge in [0, 0.05) is 40.3 Å². The highest BCUT2D eigenvalue weighted by atomic mass is 35.5. The Labute approximate surface area is 111 Å². The molecule has 1 aliphatic heterocycles. The van der Waals surface area contributed by atoms with Crippen molar-refractivity contribution in [1.29, 1.82) is 0 Å². The smallest absolute Gasteiger partial charge is 0.228 e. The van der Waals surface area contributed by atoms with Gasteiger partial charge in [0.1, 0.15) is 5.02 Å². The van der Waals surface area contributed by atoms with Crippen LogP contribution in [0.4, 0.5) is 11.8 Å². The second-order valence-corrected chi connectivity index (χ2v) is 4.82. The fourth-order valence-electron chi connectivity index (χ4n) is 1.68. The van der Waals surface area contributed by atoms with Gasteiger partial charge in [-0.15, -0.1) is 0 Å². The third-order valence-electron chi connectivity index (χ3n) is 2.60. The van der Waals surface area contributed by atoms with Gasteiger partial charge in [0.25, 0.3) is 0 Å². The van der Waals surface area contributed by atoms with Gasteiger partial charge in [-0.1, -0.05) is 23.2 Å². The molecule has 5 nitrogen and oxygen atoms in total. The second kappa shape index (κ2) is 5.25. The Morgan fingerprint density at radius 2 is 1.82 bits per heavy atom. The molecule has 0 bridgehead atoms. The lowest BCUT2D eigenvalue weighted by Crippen LogP contribution is -2.44. The summed E-state index contributed by atoms with van der Waals surface area (Å²) < 4.78 is 0. The normalized spacial score (nSPS) is 16.1. The number of nitrogens with zero attached hydrogens (tertiary/aromatic N) is 4. The van der Waals surface area contributed by atoms with Crippen LogP contribution >= 0.6 is 23.2 Å². The van der Waals surface area contributed by atoms with Crippen LogP contribution in [0.25, 0.3) is 0 Å². The molecule has 0 aliphatic carbocycles. The molecule has 0 atom stereocenters. The van der Waals surface area contributed by atoms with Crippen LogP contribution in [-0.2, 0) is 0 Å². The van der Waals surface area contributed by atoms with Crippen LogP contribution in [0.3, 0.4) is 0 Å². The van der Waals surface area contributed by atoms with E-state index in [0.29, 0.717) is 16.1 Å². The van der Waals surface area contributed by atoms with Gasteiger partial charge in [-0.3, -0.25) is 0 Å². The predicted molar refractivity (Wildman–Crippen MR) is 71.5 cm³/mol. The molecule has 1 aromatic rings. The number of piperazine rings is 1. The summed E-state index contributed by atoms with van der Waals surface area (Å²) >= 11 is 12.2. The molecule has 2 rings (SSSR count). The van der Waals surface area contributed by atoms with E-state index in [9.17, 15) is 0 Å². The van der Waals surface area contributed by atoms with Crippen LogP contribution in [0.1, 0.15) is 0 Å². The molecular formula is C10H15Cl2N5. The van der Waals surface area contributed by atoms with Crippen LogP contribution in [-0.4, -0.2) is 50.2 Å². The molecule has 1 aromatic heterocycles. The summed E-state index contributed by atoms with van der Waals surface area (Å²) in [5, 5.41) is 4.02. The summed E-state index contributed by atoms with van der Waals surface area (Å²) in [5.41, 5.74) is 0. The summed E-state index contributed by atoms with van der Waals surface area (Å²) in [6.45, 7) is 3.60. The first kappa shape index (κ1) is 12.7. The third kappa shape index (κ3) is 2.73. The molecule has 0 unspecified atom stereocenters. The van der Waals surface area contributed by atoms with Crippen LogP contribution in [0.5, 0.6) is 0 Å². The first-order valence-electron chi connectivity index (χ1n) is 5.45. The van der Waals surface area contributed by atoms with Crippen molar-refractivity contribution in [3.05, 3.63) is 10.2 Å². The maximum absolute atomic E-state index is 6.17. The highest BCUT2D eigenvalue weighted by molar-refractivity contribution is 6.42. The van der Waals surface area contributed by atoms with Crippen molar-refractivity contribution >= 4 is 35.0 Å². The molecule has 1 fully saturated rings. The van der Waals surface area contributed by atoms with E-state index in [1.54, 1.807) is 0 Å². The van der Waals surface area contributed by atoms with E-state index in [1.807, 2.05) is 19.0 Å². The molecule has 0 aromatic carbocycles. The Morgan fingerprint density at radius 1 is 1.18 bits per heavy atom. The zero-order chi connectivity index (χ0) is 12.4. The topological polar surface area (TPSA) is 44.3 Å². The van der Waals surface area contributed by atoms with Crippen molar-refractivity contribution in [2.24, 2.45) is 0 Å². The van der Waals surface area contributed by atoms with E-state index >= 15 is 0 Å². The molecule has 1 aliphatic rings. The number of nitrogens with one attached hydrogen (secondary N) is 1. The third-order valence-corrected chi connectivity index (χ3v) is 3.32. The van der Waals surface area contributed by atoms with E-state index in [0.717, 1.165) is 32.0 Å². The molecule has 94 valence electrons. The largest absolute Gasteiger partial charge is 0.353 e. The second-order valence-electron chi connectivity index (χ2n) is 4.08. The Kier molecular flexibility index (Phi) is 3.91. The molecule has 7 heteroatoms. The maximum atomic E-state index is 6.17. The Balaban J connectivity index is 2.36. The van der Waals surface area contributed by atoms with Crippen molar-refractivity contribution in [1.82, 2.24) is 15.3 Å². The van der Waals surface area contributed by atoms with Crippen molar-refractivity contribution in [2.75, 3.05) is 50.1 Å². The molecule has 0 amide bonds. The van der Waals surface area contributed by atoms with Crippen molar-refractivity contribution in [2.45, 2.75) is 0 Å². The lowest BCUT2D eigenvalue weighted by atomic mass is 10.3. The van der Waals surface area contributed by atoms with Gasteiger partial charge in [-0.2, -0.15) is 9.97 Å². The molecule has 1 saturated heterocycles. The fourth-order valence-corrected chi connectivity index (χ4v) is 2.05. The van der Waals surface area contributed by atoms with Gasteiger partial charge in [-0.05, 0) is 0 Å². The van der Waals surface area contributed by atoms with Crippen LogP contribution in [0.15, 0.2) is 0 Å². The van der Waals surface area contributed by atoms with E-state index < -0.39 is 0 Å². The summed E-state index contributed by atoms with van der Waals surface area (Å²) in [7, 11) is 3.75. The molecule has 17 heavy (non-hydrogen) atoms. The van der Waals surface area contributed by atoms with Gasteiger partial charge >= 0.3 is 0 Å². The molecule has 2 heterocycles. The Bertz CT molecular complexity index is 404. The average Bonchev–Trinajstić information content (AvgIpc) is 2.33. The highest BCUT2D eigenvalue weighted by Crippen LogP contribution is 2.31. The first-order valence-corrected chi connectivity index (χ1v) is 6.21. The predicted octanol–water partition coefficient (Wildman–Crippen LogP) is 1.26. The van der Waals surface area contributed by atoms with Crippen LogP contribution < -0.4 is 15.1 Å². The molecule has 0 radical (unpaired) electrons. The minimum Gasteiger partial charge on any atom is -0.353 e. The van der Waals surface area contributed by atoms with Gasteiger partial charge in [-0.25, -0.2) is 0 Å². The van der Waals surface area contributed by atoms with Gasteiger partial charge in [0.2, 0.25) is 5.95 Å². The number of hydrogen-bond donors (Lipinski definition) is 1. The quantitative estimate of drug-likeness (QED) is 0.824. The van der Waals surface area contributed by atoms with Gasteiger partial charge in [0.15, 0.2) is 11.0 Å². The van der Waals surface area contributed by atoms with E-state index in [4.69, 9.17) is 23.2 Å². The van der Waals surface area contributed by atoms with E-state index in [-0.39, 0.29) is 0 Å². The molecular weight excluding hydrogens is 261 g/mol. The van der Waals surface area contributed by atoms with Crippen molar-refractivity contribution in [3.8, 4) is 0 Å². The minimum atomic E-state index is 0.305. The number of halogens is 2. The summed E-state index contributed by atoms with van der Waals surface area (Å²) in [4.78, 5) is 12.5. The van der Waals surface area contributed by atoms with E-state index in [2.05, 4.69) is 20.2 Å². The van der Waals surface area contributed by atoms with E-state index in [1.165, 1.54) is 0 Å². The van der Waals surface area contributed by atoms with Crippen LogP contribution in [0, 0.1) is 0 Å². The van der Waals surface area contributed by atoms with Gasteiger partial charge < -0.3 is 15.1 Å². The fraction of sp³-hybridized carbons (Fsp3) is 0.600. The van der Waals surface area contributed by atoms with Crippen molar-refractivity contribution < 1.29 is 0 Å². The highest BCUT2D eigenvalue weighted by Gasteiger charge is 2.19. The number of aromatic nitrogens is 2. The standard InChI is InChI=1S/C10H15Cl2N5/c1-16(2)10-14-8(12)7(11)9(15-10)17-5-3-13-4-6-17/h13H,3-6H2,1-2H3. The Hall–Kier alpha value is -0.780. The summed E-state index contributed by atoms with van der Waals surface area (Å²) in [6.07, 6.45) is 0. The van der Waals surface area contributed by atoms with Gasteiger partial charge in [0.05, 0.1) is 0 Å². The lowest BCUT2D eigenvalue weighted by molar-refractivity contribution is 0.584. The zero-order valence-corrected chi connectivity index (χ0v) is 11.4. The Morgan fingerprint density at radius 3 is 2.41 bits per heavy atom. The van der Waals surface area contributed by atoms with Crippen LogP contribution in [0.2, 0.25) is 10.2 Å². The molecule has 0 spiro atoms. The maximum Gasteiger partial charge on any atom is 0.228 e. The lowest BCUT2D eigenvalue weighted by Gasteiger charge is -2.29. The summed E-state index contributed by atoms with van der Waals surface area (Å²) in [5.74, 6) is 1.30. The molecule has 0 saturated carbocycles. The first-order chi connectivity index (χ1) is 8.09. The number of hydrogen-bond acceptors (Lipinski definition) is 5. The molecule has 1 N–H and O–H groups in total. The summed E-state index contributed by atoms with van der Waals surface area (Å²) in [6, 6.07) is 0. The minimum absolute atomic E-state index is 0.305. The monoisotopic (exact) mass is 275 g/mol. The number of rotatable bonds is 2. The number of anilines is 2.